The summed E-state index contributed by atoms with van der Waals surface area (Å²) in [6.07, 6.45) is 3.24. The summed E-state index contributed by atoms with van der Waals surface area (Å²) in [6, 6.07) is 11.8. The van der Waals surface area contributed by atoms with E-state index in [1.165, 1.54) is 18.6 Å². The molecule has 0 spiro atoms. The van der Waals surface area contributed by atoms with Crippen LogP contribution < -0.4 is 0 Å². The molecule has 4 nitrogen and oxygen atoms in total. The molecule has 1 amide bonds. The van der Waals surface area contributed by atoms with Crippen molar-refractivity contribution in [2.45, 2.75) is 19.3 Å². The fourth-order valence-corrected chi connectivity index (χ4v) is 3.80. The number of amides is 1. The summed E-state index contributed by atoms with van der Waals surface area (Å²) >= 11 is 1.58. The minimum absolute atomic E-state index is 0.0145. The van der Waals surface area contributed by atoms with Crippen molar-refractivity contribution < 1.29 is 9.18 Å². The molecule has 0 aliphatic carbocycles. The molecule has 0 bridgehead atoms. The van der Waals surface area contributed by atoms with Crippen molar-refractivity contribution in [2.24, 2.45) is 0 Å². The smallest absolute Gasteiger partial charge is 0.272 e. The summed E-state index contributed by atoms with van der Waals surface area (Å²) < 4.78 is 14.9. The van der Waals surface area contributed by atoms with E-state index >= 15 is 0 Å². The number of nitrogens with zero attached hydrogens (tertiary/aromatic N) is 3. The van der Waals surface area contributed by atoms with Crippen LogP contribution in [-0.4, -0.2) is 33.7 Å². The molecule has 1 aliphatic heterocycles. The molecule has 0 unspecified atom stereocenters. The van der Waals surface area contributed by atoms with E-state index in [1.807, 2.05) is 28.5 Å². The Kier molecular flexibility index (Phi) is 4.36. The van der Waals surface area contributed by atoms with Gasteiger partial charge in [-0.05, 0) is 61.0 Å². The molecule has 1 fully saturated rings. The first kappa shape index (κ1) is 16.0. The van der Waals surface area contributed by atoms with E-state index in [0.717, 1.165) is 36.5 Å². The number of piperidine rings is 1. The van der Waals surface area contributed by atoms with Gasteiger partial charge in [0.1, 0.15) is 17.2 Å². The number of hydrogen-bond donors (Lipinski definition) is 0. The van der Waals surface area contributed by atoms with Crippen LogP contribution in [-0.2, 0) is 0 Å². The van der Waals surface area contributed by atoms with E-state index in [9.17, 15) is 9.18 Å². The van der Waals surface area contributed by atoms with Crippen LogP contribution in [0.2, 0.25) is 0 Å². The standard InChI is InChI=1S/C19H18FN3OS/c20-14-6-8-15(9-7-14)23-17(19(24)22-10-2-1-3-11-22)13-16(21-23)18-5-4-12-25-18/h4-9,12-13H,1-3,10-11H2. The van der Waals surface area contributed by atoms with Gasteiger partial charge in [0.2, 0.25) is 0 Å². The fraction of sp³-hybridized carbons (Fsp3) is 0.263. The summed E-state index contributed by atoms with van der Waals surface area (Å²) in [6.45, 7) is 1.56. The molecule has 1 aromatic carbocycles. The highest BCUT2D eigenvalue weighted by Gasteiger charge is 2.24. The Morgan fingerprint density at radius 3 is 2.52 bits per heavy atom. The van der Waals surface area contributed by atoms with Crippen LogP contribution in [0.5, 0.6) is 0 Å². The number of likely N-dealkylation sites (tertiary alicyclic amines) is 1. The predicted octanol–water partition coefficient (Wildman–Crippen LogP) is 4.37. The fourth-order valence-electron chi connectivity index (χ4n) is 3.12. The van der Waals surface area contributed by atoms with Gasteiger partial charge in [0.25, 0.3) is 5.91 Å². The van der Waals surface area contributed by atoms with Crippen molar-refractivity contribution in [3.8, 4) is 16.3 Å². The highest BCUT2D eigenvalue weighted by atomic mass is 32.1. The number of carbonyl (C=O) groups is 1. The third-order valence-electron chi connectivity index (χ3n) is 4.42. The molecule has 3 heterocycles. The van der Waals surface area contributed by atoms with Gasteiger partial charge in [0, 0.05) is 13.1 Å². The second-order valence-corrected chi connectivity index (χ2v) is 7.08. The van der Waals surface area contributed by atoms with Gasteiger partial charge < -0.3 is 4.90 Å². The predicted molar refractivity (Wildman–Crippen MR) is 96.6 cm³/mol. The summed E-state index contributed by atoms with van der Waals surface area (Å²) in [4.78, 5) is 15.9. The molecule has 1 saturated heterocycles. The largest absolute Gasteiger partial charge is 0.337 e. The van der Waals surface area contributed by atoms with Crippen LogP contribution in [0.25, 0.3) is 16.3 Å². The molecular formula is C19H18FN3OS. The molecular weight excluding hydrogens is 337 g/mol. The highest BCUT2D eigenvalue weighted by molar-refractivity contribution is 7.13. The van der Waals surface area contributed by atoms with E-state index in [4.69, 9.17) is 0 Å². The minimum atomic E-state index is -0.307. The van der Waals surface area contributed by atoms with Gasteiger partial charge in [0.15, 0.2) is 0 Å². The quantitative estimate of drug-likeness (QED) is 0.700. The van der Waals surface area contributed by atoms with Crippen molar-refractivity contribution in [2.75, 3.05) is 13.1 Å². The SMILES string of the molecule is O=C(c1cc(-c2cccs2)nn1-c1ccc(F)cc1)N1CCCCC1. The van der Waals surface area contributed by atoms with Crippen LogP contribution in [0.4, 0.5) is 4.39 Å². The zero-order valence-electron chi connectivity index (χ0n) is 13.7. The minimum Gasteiger partial charge on any atom is -0.337 e. The first-order valence-electron chi connectivity index (χ1n) is 8.41. The normalized spacial score (nSPS) is 14.7. The average Bonchev–Trinajstić information content (AvgIpc) is 3.32. The summed E-state index contributed by atoms with van der Waals surface area (Å²) in [5.41, 5.74) is 1.97. The van der Waals surface area contributed by atoms with E-state index in [-0.39, 0.29) is 11.7 Å². The number of carbonyl (C=O) groups excluding carboxylic acids is 1. The third-order valence-corrected chi connectivity index (χ3v) is 5.31. The van der Waals surface area contributed by atoms with Crippen LogP contribution in [0.3, 0.4) is 0 Å². The van der Waals surface area contributed by atoms with E-state index in [2.05, 4.69) is 5.10 Å². The second kappa shape index (κ2) is 6.80. The van der Waals surface area contributed by atoms with Crippen LogP contribution in [0.15, 0.2) is 47.8 Å². The van der Waals surface area contributed by atoms with E-state index < -0.39 is 0 Å². The van der Waals surface area contributed by atoms with Crippen molar-refractivity contribution >= 4 is 17.2 Å². The maximum atomic E-state index is 13.3. The van der Waals surface area contributed by atoms with Crippen molar-refractivity contribution in [3.63, 3.8) is 0 Å². The first-order chi connectivity index (χ1) is 12.2. The number of thiophene rings is 1. The van der Waals surface area contributed by atoms with Gasteiger partial charge in [-0.2, -0.15) is 5.10 Å². The third kappa shape index (κ3) is 3.22. The molecule has 128 valence electrons. The zero-order valence-corrected chi connectivity index (χ0v) is 14.5. The maximum absolute atomic E-state index is 13.3. The van der Waals surface area contributed by atoms with Gasteiger partial charge in [-0.1, -0.05) is 6.07 Å². The van der Waals surface area contributed by atoms with E-state index in [0.29, 0.717) is 11.4 Å². The number of rotatable bonds is 3. The molecule has 25 heavy (non-hydrogen) atoms. The molecule has 0 radical (unpaired) electrons. The Hall–Kier alpha value is -2.47. The lowest BCUT2D eigenvalue weighted by Crippen LogP contribution is -2.36. The van der Waals surface area contributed by atoms with E-state index in [1.54, 1.807) is 28.2 Å². The van der Waals surface area contributed by atoms with Crippen LogP contribution >= 0.6 is 11.3 Å². The van der Waals surface area contributed by atoms with Gasteiger partial charge in [0.05, 0.1) is 10.6 Å². The molecule has 4 rings (SSSR count). The van der Waals surface area contributed by atoms with Gasteiger partial charge >= 0.3 is 0 Å². The topological polar surface area (TPSA) is 38.1 Å². The van der Waals surface area contributed by atoms with Crippen LogP contribution in [0.1, 0.15) is 29.8 Å². The lowest BCUT2D eigenvalue weighted by Gasteiger charge is -2.26. The maximum Gasteiger partial charge on any atom is 0.272 e. The lowest BCUT2D eigenvalue weighted by atomic mass is 10.1. The highest BCUT2D eigenvalue weighted by Crippen LogP contribution is 2.27. The molecule has 2 aromatic heterocycles. The second-order valence-electron chi connectivity index (χ2n) is 6.13. The van der Waals surface area contributed by atoms with Crippen LogP contribution in [0, 0.1) is 5.82 Å². The number of hydrogen-bond acceptors (Lipinski definition) is 3. The first-order valence-corrected chi connectivity index (χ1v) is 9.29. The Labute approximate surface area is 149 Å². The summed E-state index contributed by atoms with van der Waals surface area (Å²) in [7, 11) is 0. The number of aromatic nitrogens is 2. The summed E-state index contributed by atoms with van der Waals surface area (Å²) in [5, 5.41) is 6.61. The molecule has 0 atom stereocenters. The Balaban J connectivity index is 1.77. The lowest BCUT2D eigenvalue weighted by molar-refractivity contribution is 0.0715. The Morgan fingerprint density at radius 2 is 1.84 bits per heavy atom. The zero-order chi connectivity index (χ0) is 17.2. The Morgan fingerprint density at radius 1 is 1.08 bits per heavy atom. The van der Waals surface area contributed by atoms with Gasteiger partial charge in [-0.15, -0.1) is 11.3 Å². The summed E-state index contributed by atoms with van der Waals surface area (Å²) in [5.74, 6) is -0.322. The molecule has 3 aromatic rings. The van der Waals surface area contributed by atoms with Crippen molar-refractivity contribution in [1.82, 2.24) is 14.7 Å². The van der Waals surface area contributed by atoms with Crippen molar-refractivity contribution in [3.05, 3.63) is 59.4 Å². The number of benzene rings is 1. The van der Waals surface area contributed by atoms with Crippen molar-refractivity contribution in [1.29, 1.82) is 0 Å². The number of halogens is 1. The molecule has 0 N–H and O–H groups in total. The Bertz CT molecular complexity index is 865. The monoisotopic (exact) mass is 355 g/mol. The van der Waals surface area contributed by atoms with Gasteiger partial charge in [-0.25, -0.2) is 9.07 Å². The molecule has 1 aliphatic rings. The van der Waals surface area contributed by atoms with Gasteiger partial charge in [-0.3, -0.25) is 4.79 Å². The molecule has 0 saturated carbocycles. The molecule has 6 heteroatoms. The average molecular weight is 355 g/mol.